The molecule has 1 N–H and O–H groups in total. The molecule has 3 heterocycles. The molecule has 0 saturated carbocycles. The van der Waals surface area contributed by atoms with Crippen LogP contribution in [0.3, 0.4) is 0 Å². The molecule has 318 valence electrons. The summed E-state index contributed by atoms with van der Waals surface area (Å²) < 4.78 is 5.24. The molecule has 0 amide bonds. The van der Waals surface area contributed by atoms with Gasteiger partial charge < -0.3 is 4.98 Å². The maximum atomic E-state index is 3.79. The van der Waals surface area contributed by atoms with Gasteiger partial charge in [0.25, 0.3) is 0 Å². The van der Waals surface area contributed by atoms with Gasteiger partial charge in [-0.05, 0) is 156 Å². The van der Waals surface area contributed by atoms with Gasteiger partial charge in [-0.3, -0.25) is 0 Å². The SMILES string of the molecule is Cc1ccc(-c2ccc3sc4c(-c5ccc6[nH]c7ccc(-c8cc(-c9ccc(C)cc9)cc9c8sc8ccc(-c%10ccc(C)cc%10)cc89)cc7c6c5)cc(-c5ccc(C)cc5)cc4c3c2)cc1. The largest absolute Gasteiger partial charge is 0.355 e. The summed E-state index contributed by atoms with van der Waals surface area (Å²) in [5.74, 6) is 0. The lowest BCUT2D eigenvalue weighted by Crippen LogP contribution is -1.85. The van der Waals surface area contributed by atoms with E-state index in [9.17, 15) is 0 Å². The molecule has 13 aromatic rings. The van der Waals surface area contributed by atoms with Gasteiger partial charge in [0.15, 0.2) is 0 Å². The Kier molecular flexibility index (Phi) is 9.22. The predicted molar refractivity (Wildman–Crippen MR) is 293 cm³/mol. The van der Waals surface area contributed by atoms with E-state index in [1.54, 1.807) is 0 Å². The fraction of sp³-hybridized carbons (Fsp3) is 0.0625. The molecule has 0 spiro atoms. The van der Waals surface area contributed by atoms with Crippen molar-refractivity contribution in [3.8, 4) is 66.8 Å². The summed E-state index contributed by atoms with van der Waals surface area (Å²) in [4.78, 5) is 3.79. The van der Waals surface area contributed by atoms with Crippen LogP contribution in [0.1, 0.15) is 22.3 Å². The molecule has 3 heteroatoms. The molecule has 0 aliphatic carbocycles. The van der Waals surface area contributed by atoms with Crippen molar-refractivity contribution < 1.29 is 0 Å². The maximum absolute atomic E-state index is 3.79. The summed E-state index contributed by atoms with van der Waals surface area (Å²) in [6.07, 6.45) is 0. The highest BCUT2D eigenvalue weighted by Gasteiger charge is 2.19. The lowest BCUT2D eigenvalue weighted by molar-refractivity contribution is 1.47. The number of rotatable bonds is 6. The molecule has 0 bridgehead atoms. The summed E-state index contributed by atoms with van der Waals surface area (Å²) in [5, 5.41) is 7.67. The van der Waals surface area contributed by atoms with E-state index in [4.69, 9.17) is 0 Å². The highest BCUT2D eigenvalue weighted by atomic mass is 32.1. The Balaban J connectivity index is 0.996. The van der Waals surface area contributed by atoms with Gasteiger partial charge in [0, 0.05) is 73.3 Å². The van der Waals surface area contributed by atoms with Crippen molar-refractivity contribution in [3.05, 3.63) is 216 Å². The summed E-state index contributed by atoms with van der Waals surface area (Å²) in [5.41, 5.74) is 22.2. The minimum Gasteiger partial charge on any atom is -0.355 e. The summed E-state index contributed by atoms with van der Waals surface area (Å²) in [7, 11) is 0. The van der Waals surface area contributed by atoms with Crippen LogP contribution in [0.25, 0.3) is 129 Å². The van der Waals surface area contributed by atoms with Crippen LogP contribution in [0.4, 0.5) is 0 Å². The van der Waals surface area contributed by atoms with E-state index in [0.29, 0.717) is 0 Å². The summed E-state index contributed by atoms with van der Waals surface area (Å²) >= 11 is 3.81. The highest BCUT2D eigenvalue weighted by Crippen LogP contribution is 2.47. The van der Waals surface area contributed by atoms with Crippen LogP contribution in [0.2, 0.25) is 0 Å². The Morgan fingerprint density at radius 2 is 0.552 bits per heavy atom. The molecule has 0 atom stereocenters. The van der Waals surface area contributed by atoms with Gasteiger partial charge in [0.05, 0.1) is 0 Å². The van der Waals surface area contributed by atoms with E-state index in [1.807, 2.05) is 22.7 Å². The Labute approximate surface area is 398 Å². The molecule has 0 unspecified atom stereocenters. The third-order valence-corrected chi connectivity index (χ3v) is 16.3. The van der Waals surface area contributed by atoms with E-state index >= 15 is 0 Å². The number of thiophene rings is 2. The van der Waals surface area contributed by atoms with E-state index < -0.39 is 0 Å². The molecule has 0 fully saturated rings. The molecule has 67 heavy (non-hydrogen) atoms. The normalized spacial score (nSPS) is 11.9. The van der Waals surface area contributed by atoms with Gasteiger partial charge in [-0.25, -0.2) is 0 Å². The molecule has 0 radical (unpaired) electrons. The van der Waals surface area contributed by atoms with Crippen LogP contribution in [0.5, 0.6) is 0 Å². The maximum Gasteiger partial charge on any atom is 0.0465 e. The number of nitrogens with one attached hydrogen (secondary N) is 1. The molecular formula is C64H45NS2. The minimum absolute atomic E-state index is 1.14. The van der Waals surface area contributed by atoms with Crippen LogP contribution >= 0.6 is 22.7 Å². The number of hydrogen-bond acceptors (Lipinski definition) is 2. The zero-order valence-electron chi connectivity index (χ0n) is 37.8. The van der Waals surface area contributed by atoms with Crippen LogP contribution in [0, 0.1) is 27.7 Å². The van der Waals surface area contributed by atoms with Crippen LogP contribution in [-0.2, 0) is 0 Å². The second kappa shape index (κ2) is 15.5. The zero-order chi connectivity index (χ0) is 44.9. The Morgan fingerprint density at radius 3 is 0.925 bits per heavy atom. The number of aromatic amines is 1. The molecule has 0 aliphatic rings. The highest BCUT2D eigenvalue weighted by molar-refractivity contribution is 7.26. The average Bonchev–Trinajstić information content (AvgIpc) is 4.04. The first kappa shape index (κ1) is 39.8. The van der Waals surface area contributed by atoms with Crippen molar-refractivity contribution in [2.45, 2.75) is 27.7 Å². The lowest BCUT2D eigenvalue weighted by atomic mass is 9.93. The minimum atomic E-state index is 1.14. The number of hydrogen-bond donors (Lipinski definition) is 1. The first-order chi connectivity index (χ1) is 32.8. The van der Waals surface area contributed by atoms with Crippen LogP contribution < -0.4 is 0 Å². The monoisotopic (exact) mass is 891 g/mol. The van der Waals surface area contributed by atoms with E-state index in [-0.39, 0.29) is 0 Å². The van der Waals surface area contributed by atoms with Crippen LogP contribution in [0.15, 0.2) is 194 Å². The smallest absolute Gasteiger partial charge is 0.0465 e. The van der Waals surface area contributed by atoms with Gasteiger partial charge >= 0.3 is 0 Å². The first-order valence-electron chi connectivity index (χ1n) is 23.1. The molecular weight excluding hydrogens is 847 g/mol. The number of benzene rings is 10. The summed E-state index contributed by atoms with van der Waals surface area (Å²) in [6.45, 7) is 8.62. The van der Waals surface area contributed by atoms with Gasteiger partial charge in [0.2, 0.25) is 0 Å². The molecule has 0 aliphatic heterocycles. The standard InChI is InChI=1S/C64H45NS2/c1-37-5-13-41(14-6-37)45-23-27-61-55(29-45)57-35-49(43-17-9-39(3)10-18-43)33-51(63(57)66-61)47-21-25-59-53(31-47)54-32-48(22-26-60(54)65-59)52-34-50(44-19-11-40(4)12-20-44)36-58-56-30-46(24-28-62(56)67-64(52)58)42-15-7-38(2)8-16-42/h5-36,65H,1-4H3. The summed E-state index contributed by atoms with van der Waals surface area (Å²) in [6, 6.07) is 73.5. The Bertz CT molecular complexity index is 3820. The van der Waals surface area contributed by atoms with Crippen molar-refractivity contribution in [3.63, 3.8) is 0 Å². The third kappa shape index (κ3) is 6.88. The van der Waals surface area contributed by atoms with Crippen LogP contribution in [-0.4, -0.2) is 4.98 Å². The Morgan fingerprint density at radius 1 is 0.254 bits per heavy atom. The van der Waals surface area contributed by atoms with Crippen molar-refractivity contribution in [1.29, 1.82) is 0 Å². The average molecular weight is 892 g/mol. The van der Waals surface area contributed by atoms with Crippen molar-refractivity contribution in [2.75, 3.05) is 0 Å². The zero-order valence-corrected chi connectivity index (χ0v) is 39.4. The Hall–Kier alpha value is -7.56. The number of fused-ring (bicyclic) bond motifs is 9. The number of aryl methyl sites for hydroxylation is 4. The second-order valence-corrected chi connectivity index (χ2v) is 20.6. The third-order valence-electron chi connectivity index (χ3n) is 13.9. The fourth-order valence-electron chi connectivity index (χ4n) is 10.1. The topological polar surface area (TPSA) is 15.8 Å². The molecule has 3 aromatic heterocycles. The second-order valence-electron chi connectivity index (χ2n) is 18.5. The molecule has 10 aromatic carbocycles. The molecule has 0 saturated heterocycles. The van der Waals surface area contributed by atoms with Gasteiger partial charge in [-0.1, -0.05) is 144 Å². The van der Waals surface area contributed by atoms with Gasteiger partial charge in [-0.15, -0.1) is 22.7 Å². The predicted octanol–water partition coefficient (Wildman–Crippen LogP) is 19.3. The van der Waals surface area contributed by atoms with Gasteiger partial charge in [-0.2, -0.15) is 0 Å². The molecule has 1 nitrogen and oxygen atoms in total. The van der Waals surface area contributed by atoms with Crippen molar-refractivity contribution in [2.24, 2.45) is 0 Å². The van der Waals surface area contributed by atoms with Crippen molar-refractivity contribution >= 4 is 84.8 Å². The van der Waals surface area contributed by atoms with E-state index in [2.05, 4.69) is 227 Å². The van der Waals surface area contributed by atoms with E-state index in [1.165, 1.54) is 140 Å². The fourth-order valence-corrected chi connectivity index (χ4v) is 12.5. The quantitative estimate of drug-likeness (QED) is 0.171. The van der Waals surface area contributed by atoms with Crippen molar-refractivity contribution in [1.82, 2.24) is 4.98 Å². The molecule has 13 rings (SSSR count). The number of aromatic nitrogens is 1. The van der Waals surface area contributed by atoms with E-state index in [0.717, 1.165) is 11.0 Å². The lowest BCUT2D eigenvalue weighted by Gasteiger charge is -2.11. The first-order valence-corrected chi connectivity index (χ1v) is 24.7. The van der Waals surface area contributed by atoms with Gasteiger partial charge in [0.1, 0.15) is 0 Å². The number of H-pyrrole nitrogens is 1.